The van der Waals surface area contributed by atoms with Crippen molar-refractivity contribution < 1.29 is 32.3 Å². The molecule has 0 fully saturated rings. The van der Waals surface area contributed by atoms with E-state index < -0.39 is 12.1 Å². The molecule has 4 rings (SSSR count). The molecule has 1 aliphatic rings. The van der Waals surface area contributed by atoms with E-state index >= 15 is 0 Å². The van der Waals surface area contributed by atoms with Crippen LogP contribution in [0, 0.1) is 5.82 Å². The number of hydrogen-bond acceptors (Lipinski definition) is 3. The van der Waals surface area contributed by atoms with Gasteiger partial charge in [-0.05, 0) is 30.3 Å². The minimum Gasteiger partial charge on any atom is -0.475 e. The number of carbonyl (C=O) groups excluding carboxylic acids is 1. The average molecular weight is 421 g/mol. The number of halogens is 4. The topological polar surface area (TPSA) is 95.1 Å². The van der Waals surface area contributed by atoms with Gasteiger partial charge >= 0.3 is 12.1 Å². The summed E-state index contributed by atoms with van der Waals surface area (Å²) in [5.74, 6) is -3.12. The lowest BCUT2D eigenvalue weighted by molar-refractivity contribution is -0.192. The van der Waals surface area contributed by atoms with Crippen LogP contribution in [0.4, 0.5) is 17.6 Å². The van der Waals surface area contributed by atoms with Crippen LogP contribution >= 0.6 is 0 Å². The van der Waals surface area contributed by atoms with E-state index in [0.717, 1.165) is 23.4 Å². The summed E-state index contributed by atoms with van der Waals surface area (Å²) in [5, 5.41) is 9.95. The molecule has 2 aromatic heterocycles. The average Bonchev–Trinajstić information content (AvgIpc) is 3.14. The number of aliphatic carboxylic acids is 1. The van der Waals surface area contributed by atoms with E-state index in [4.69, 9.17) is 9.90 Å². The Morgan fingerprint density at radius 1 is 1.10 bits per heavy atom. The number of alkyl halides is 3. The summed E-state index contributed by atoms with van der Waals surface area (Å²) in [4.78, 5) is 28.3. The van der Waals surface area contributed by atoms with Gasteiger partial charge in [-0.3, -0.25) is 9.78 Å². The number of nitrogens with one attached hydrogen (secondary N) is 2. The second-order valence-electron chi connectivity index (χ2n) is 6.29. The Morgan fingerprint density at radius 3 is 2.43 bits per heavy atom. The Kier molecular flexibility index (Phi) is 5.86. The molecule has 0 bridgehead atoms. The molecule has 3 N–H and O–H groups in total. The van der Waals surface area contributed by atoms with Crippen LogP contribution in [-0.4, -0.2) is 39.7 Å². The van der Waals surface area contributed by atoms with Crippen molar-refractivity contribution in [1.29, 1.82) is 0 Å². The van der Waals surface area contributed by atoms with Crippen molar-refractivity contribution in [2.24, 2.45) is 0 Å². The highest BCUT2D eigenvalue weighted by molar-refractivity contribution is 5.97. The number of pyridine rings is 1. The highest BCUT2D eigenvalue weighted by Gasteiger charge is 2.38. The second kappa shape index (κ2) is 8.36. The van der Waals surface area contributed by atoms with E-state index in [2.05, 4.69) is 15.3 Å². The quantitative estimate of drug-likeness (QED) is 0.549. The zero-order valence-electron chi connectivity index (χ0n) is 15.3. The van der Waals surface area contributed by atoms with Crippen LogP contribution in [0.15, 0.2) is 48.7 Å². The molecule has 3 heterocycles. The van der Waals surface area contributed by atoms with E-state index in [1.165, 1.54) is 6.07 Å². The van der Waals surface area contributed by atoms with Crippen molar-refractivity contribution >= 4 is 11.9 Å². The summed E-state index contributed by atoms with van der Waals surface area (Å²) in [6.45, 7) is 0.641. The third kappa shape index (κ3) is 4.65. The summed E-state index contributed by atoms with van der Waals surface area (Å²) >= 11 is 0. The third-order valence-electron chi connectivity index (χ3n) is 4.27. The molecule has 10 heteroatoms. The standard InChI is InChI=1S/C18H14FN3O.C2HF3O2/c19-14-4-2-1-3-12(14)17-9-11(5-7-20-17)16-10-13-15(22-16)6-8-21-18(13)23;3-2(4,5)1(6)7/h1-5,7,9-10,22H,6,8H2,(H,21,23);(H,6,7). The Bertz CT molecular complexity index is 1090. The minimum absolute atomic E-state index is 0.0582. The maximum absolute atomic E-state index is 13.9. The normalized spacial score (nSPS) is 13.0. The van der Waals surface area contributed by atoms with Gasteiger partial charge in [-0.15, -0.1) is 0 Å². The summed E-state index contributed by atoms with van der Waals surface area (Å²) in [5.41, 5.74) is 4.36. The van der Waals surface area contributed by atoms with E-state index in [-0.39, 0.29) is 11.7 Å². The van der Waals surface area contributed by atoms with Crippen molar-refractivity contribution in [3.63, 3.8) is 0 Å². The van der Waals surface area contributed by atoms with Gasteiger partial charge in [0, 0.05) is 41.7 Å². The molecular weight excluding hydrogens is 406 g/mol. The number of H-pyrrole nitrogens is 1. The fourth-order valence-electron chi connectivity index (χ4n) is 2.86. The first kappa shape index (κ1) is 21.0. The number of carboxylic acids is 1. The number of rotatable bonds is 2. The Hall–Kier alpha value is -3.69. The van der Waals surface area contributed by atoms with E-state index in [1.807, 2.05) is 18.2 Å². The number of aromatic nitrogens is 2. The van der Waals surface area contributed by atoms with Gasteiger partial charge < -0.3 is 15.4 Å². The smallest absolute Gasteiger partial charge is 0.475 e. The van der Waals surface area contributed by atoms with Crippen LogP contribution in [0.5, 0.6) is 0 Å². The number of benzene rings is 1. The van der Waals surface area contributed by atoms with E-state index in [9.17, 15) is 22.4 Å². The van der Waals surface area contributed by atoms with Gasteiger partial charge in [-0.2, -0.15) is 13.2 Å². The molecule has 0 radical (unpaired) electrons. The van der Waals surface area contributed by atoms with Gasteiger partial charge in [-0.1, -0.05) is 12.1 Å². The van der Waals surface area contributed by atoms with Crippen molar-refractivity contribution in [2.45, 2.75) is 12.6 Å². The van der Waals surface area contributed by atoms with Crippen molar-refractivity contribution in [3.8, 4) is 22.5 Å². The zero-order chi connectivity index (χ0) is 21.9. The molecule has 0 saturated carbocycles. The molecule has 1 aromatic carbocycles. The lowest BCUT2D eigenvalue weighted by Crippen LogP contribution is -2.31. The summed E-state index contributed by atoms with van der Waals surface area (Å²) in [6, 6.07) is 12.1. The van der Waals surface area contributed by atoms with Crippen LogP contribution in [0.2, 0.25) is 0 Å². The third-order valence-corrected chi connectivity index (χ3v) is 4.27. The number of amides is 1. The first-order valence-corrected chi connectivity index (χ1v) is 8.68. The first-order chi connectivity index (χ1) is 14.2. The molecule has 0 atom stereocenters. The van der Waals surface area contributed by atoms with Gasteiger partial charge in [0.1, 0.15) is 5.82 Å². The van der Waals surface area contributed by atoms with Crippen LogP contribution in [-0.2, 0) is 11.2 Å². The zero-order valence-corrected chi connectivity index (χ0v) is 15.3. The summed E-state index contributed by atoms with van der Waals surface area (Å²) in [6.07, 6.45) is -2.65. The van der Waals surface area contributed by atoms with Gasteiger partial charge in [0.25, 0.3) is 5.91 Å². The number of aromatic amines is 1. The molecule has 1 amide bonds. The largest absolute Gasteiger partial charge is 0.490 e. The fraction of sp³-hybridized carbons (Fsp3) is 0.150. The maximum atomic E-state index is 13.9. The van der Waals surface area contributed by atoms with Crippen molar-refractivity contribution in [3.05, 3.63) is 65.7 Å². The Labute approximate surface area is 167 Å². The van der Waals surface area contributed by atoms with Gasteiger partial charge in [-0.25, -0.2) is 9.18 Å². The molecule has 30 heavy (non-hydrogen) atoms. The van der Waals surface area contributed by atoms with Gasteiger partial charge in [0.15, 0.2) is 0 Å². The molecule has 1 aliphatic heterocycles. The molecule has 3 aromatic rings. The fourth-order valence-corrected chi connectivity index (χ4v) is 2.86. The Morgan fingerprint density at radius 2 is 1.80 bits per heavy atom. The van der Waals surface area contributed by atoms with Crippen molar-refractivity contribution in [1.82, 2.24) is 15.3 Å². The van der Waals surface area contributed by atoms with Gasteiger partial charge in [0.2, 0.25) is 0 Å². The molecular formula is C20H15F4N3O3. The SMILES string of the molecule is O=C(O)C(F)(F)F.O=C1NCCc2[nH]c(-c3ccnc(-c4ccccc4F)c3)cc21. The second-order valence-corrected chi connectivity index (χ2v) is 6.29. The summed E-state index contributed by atoms with van der Waals surface area (Å²) in [7, 11) is 0. The van der Waals surface area contributed by atoms with Crippen LogP contribution in [0.25, 0.3) is 22.5 Å². The molecule has 0 aliphatic carbocycles. The number of nitrogens with zero attached hydrogens (tertiary/aromatic N) is 1. The highest BCUT2D eigenvalue weighted by atomic mass is 19.4. The predicted molar refractivity (Wildman–Crippen MR) is 99.1 cm³/mol. The van der Waals surface area contributed by atoms with Crippen LogP contribution in [0.3, 0.4) is 0 Å². The molecule has 0 saturated heterocycles. The summed E-state index contributed by atoms with van der Waals surface area (Å²) < 4.78 is 45.7. The lowest BCUT2D eigenvalue weighted by atomic mass is 10.1. The number of fused-ring (bicyclic) bond motifs is 1. The number of carbonyl (C=O) groups is 2. The van der Waals surface area contributed by atoms with E-state index in [1.54, 1.807) is 24.4 Å². The lowest BCUT2D eigenvalue weighted by Gasteiger charge is -2.10. The monoisotopic (exact) mass is 421 g/mol. The highest BCUT2D eigenvalue weighted by Crippen LogP contribution is 2.28. The number of carboxylic acid groups (broad SMARTS) is 1. The van der Waals surface area contributed by atoms with Crippen LogP contribution in [0.1, 0.15) is 16.1 Å². The minimum atomic E-state index is -5.08. The maximum Gasteiger partial charge on any atom is 0.490 e. The Balaban J connectivity index is 0.000000318. The molecule has 0 spiro atoms. The van der Waals surface area contributed by atoms with Crippen molar-refractivity contribution in [2.75, 3.05) is 6.54 Å². The molecule has 156 valence electrons. The first-order valence-electron chi connectivity index (χ1n) is 8.68. The van der Waals surface area contributed by atoms with Gasteiger partial charge in [0.05, 0.1) is 11.3 Å². The molecule has 0 unspecified atom stereocenters. The number of hydrogen-bond donors (Lipinski definition) is 3. The van der Waals surface area contributed by atoms with Crippen LogP contribution < -0.4 is 5.32 Å². The predicted octanol–water partition coefficient (Wildman–Crippen LogP) is 3.80. The molecule has 6 nitrogen and oxygen atoms in total. The van der Waals surface area contributed by atoms with E-state index in [0.29, 0.717) is 23.4 Å².